The fourth-order valence-corrected chi connectivity index (χ4v) is 2.84. The molecule has 140 valence electrons. The van der Waals surface area contributed by atoms with E-state index in [9.17, 15) is 26.7 Å². The zero-order valence-corrected chi connectivity index (χ0v) is 15.1. The molecular weight excluding hydrogens is 355 g/mol. The van der Waals surface area contributed by atoms with Gasteiger partial charge >= 0.3 is 24.0 Å². The summed E-state index contributed by atoms with van der Waals surface area (Å²) in [6.07, 6.45) is -6.21. The van der Waals surface area contributed by atoms with Crippen LogP contribution in [-0.2, 0) is 14.2 Å². The van der Waals surface area contributed by atoms with E-state index in [0.717, 1.165) is 0 Å². The van der Waals surface area contributed by atoms with E-state index in [1.807, 2.05) is 33.9 Å². The smallest absolute Gasteiger partial charge is 0.427 e. The molecule has 24 heavy (non-hydrogen) atoms. The highest BCUT2D eigenvalue weighted by Crippen LogP contribution is 2.48. The number of ether oxygens (including phenoxy) is 3. The third-order valence-electron chi connectivity index (χ3n) is 4.34. The highest BCUT2D eigenvalue weighted by Gasteiger charge is 2.76. The molecule has 0 aromatic heterocycles. The maximum absolute atomic E-state index is 13.7. The number of hydrogen-bond acceptors (Lipinski definition) is 4. The van der Waals surface area contributed by atoms with Crippen LogP contribution in [0.1, 0.15) is 20.8 Å². The molecule has 1 unspecified atom stereocenters. The second-order valence-electron chi connectivity index (χ2n) is 7.15. The van der Waals surface area contributed by atoms with Gasteiger partial charge in [-0.05, 0) is 5.04 Å². The molecule has 1 aliphatic heterocycles. The summed E-state index contributed by atoms with van der Waals surface area (Å²) in [5.41, 5.74) is 1.78. The molecule has 4 nitrogen and oxygen atoms in total. The van der Waals surface area contributed by atoms with E-state index in [0.29, 0.717) is 0 Å². The van der Waals surface area contributed by atoms with E-state index in [1.54, 1.807) is 5.70 Å². The van der Waals surface area contributed by atoms with E-state index in [1.165, 1.54) is 6.08 Å². The van der Waals surface area contributed by atoms with Crippen LogP contribution in [0.4, 0.5) is 26.7 Å². The number of rotatable bonds is 5. The quantitative estimate of drug-likeness (QED) is 0.397. The predicted molar refractivity (Wildman–Crippen MR) is 78.5 cm³/mol. The molecular formula is C14H21F5O4Si. The fourth-order valence-electron chi connectivity index (χ4n) is 1.66. The summed E-state index contributed by atoms with van der Waals surface area (Å²) >= 11 is 0. The minimum atomic E-state index is -5.95. The Bertz CT molecular complexity index is 510. The van der Waals surface area contributed by atoms with Gasteiger partial charge in [0.25, 0.3) is 0 Å². The van der Waals surface area contributed by atoms with Crippen molar-refractivity contribution in [3.8, 4) is 0 Å². The van der Waals surface area contributed by atoms with Crippen LogP contribution in [0.5, 0.6) is 0 Å². The Morgan fingerprint density at radius 1 is 1.21 bits per heavy atom. The summed E-state index contributed by atoms with van der Waals surface area (Å²) in [7, 11) is -1.91. The minimum Gasteiger partial charge on any atom is -0.427 e. The van der Waals surface area contributed by atoms with Crippen molar-refractivity contribution in [3.63, 3.8) is 0 Å². The predicted octanol–water partition coefficient (Wildman–Crippen LogP) is 4.67. The molecule has 0 aromatic carbocycles. The van der Waals surface area contributed by atoms with Crippen molar-refractivity contribution in [2.45, 2.75) is 56.8 Å². The Morgan fingerprint density at radius 3 is 2.12 bits per heavy atom. The first kappa shape index (κ1) is 20.9. The van der Waals surface area contributed by atoms with Crippen LogP contribution in [0.15, 0.2) is 11.8 Å². The van der Waals surface area contributed by atoms with Gasteiger partial charge < -0.3 is 14.2 Å². The van der Waals surface area contributed by atoms with Gasteiger partial charge in [-0.15, -0.1) is 0 Å². The van der Waals surface area contributed by atoms with E-state index in [-0.39, 0.29) is 5.04 Å². The maximum Gasteiger partial charge on any atom is 0.511 e. The third-order valence-corrected chi connectivity index (χ3v) is 9.28. The molecule has 0 N–H and O–H groups in total. The molecule has 0 spiro atoms. The van der Waals surface area contributed by atoms with Crippen molar-refractivity contribution in [1.29, 1.82) is 0 Å². The summed E-state index contributed by atoms with van der Waals surface area (Å²) in [4.78, 5) is 10.9. The van der Waals surface area contributed by atoms with Gasteiger partial charge in [0.2, 0.25) is 0 Å². The summed E-state index contributed by atoms with van der Waals surface area (Å²) in [5.74, 6) is -8.92. The second-order valence-corrected chi connectivity index (χ2v) is 12.4. The number of carbonyl (C=O) groups excluding carboxylic acids is 1. The molecule has 0 aromatic rings. The van der Waals surface area contributed by atoms with Crippen LogP contribution in [0, 0.1) is 0 Å². The molecule has 1 heterocycles. The largest absolute Gasteiger partial charge is 0.511 e. The average molecular weight is 376 g/mol. The summed E-state index contributed by atoms with van der Waals surface area (Å²) < 4.78 is 78.1. The number of alkyl halides is 5. The van der Waals surface area contributed by atoms with E-state index in [4.69, 9.17) is 0 Å². The van der Waals surface area contributed by atoms with Crippen molar-refractivity contribution < 1.29 is 41.0 Å². The SMILES string of the molecule is CC(C)(C)[Si](C)(C)/C=C/COC1(C(F)(F)C(F)(F)F)COC(=O)O1. The monoisotopic (exact) mass is 376 g/mol. The van der Waals surface area contributed by atoms with Gasteiger partial charge in [0, 0.05) is 0 Å². The van der Waals surface area contributed by atoms with Crippen molar-refractivity contribution >= 4 is 14.2 Å². The lowest BCUT2D eigenvalue weighted by atomic mass is 10.1. The molecule has 1 atom stereocenters. The molecule has 0 radical (unpaired) electrons. The normalized spacial score (nSPS) is 23.5. The minimum absolute atomic E-state index is 0.0416. The maximum atomic E-state index is 13.7. The Hall–Kier alpha value is -1.16. The van der Waals surface area contributed by atoms with Crippen molar-refractivity contribution in [2.24, 2.45) is 0 Å². The van der Waals surface area contributed by atoms with Crippen molar-refractivity contribution in [2.75, 3.05) is 13.2 Å². The molecule has 1 saturated heterocycles. The lowest BCUT2D eigenvalue weighted by Gasteiger charge is -2.35. The first-order valence-corrected chi connectivity index (χ1v) is 10.3. The molecule has 1 aliphatic rings. The molecule has 0 amide bonds. The van der Waals surface area contributed by atoms with Gasteiger partial charge in [0.05, 0.1) is 14.7 Å². The van der Waals surface area contributed by atoms with Crippen molar-refractivity contribution in [1.82, 2.24) is 0 Å². The van der Waals surface area contributed by atoms with E-state index < -0.39 is 45.3 Å². The Kier molecular flexibility index (Phi) is 5.47. The Labute approximate surface area is 137 Å². The van der Waals surface area contributed by atoms with Crippen LogP contribution >= 0.6 is 0 Å². The molecule has 0 saturated carbocycles. The zero-order chi connectivity index (χ0) is 19.0. The van der Waals surface area contributed by atoms with Gasteiger partial charge in [-0.2, -0.15) is 22.0 Å². The van der Waals surface area contributed by atoms with Gasteiger partial charge in [0.15, 0.2) is 6.61 Å². The third kappa shape index (κ3) is 3.90. The van der Waals surface area contributed by atoms with Crippen LogP contribution in [-0.4, -0.2) is 45.3 Å². The van der Waals surface area contributed by atoms with Crippen molar-refractivity contribution in [3.05, 3.63) is 11.8 Å². The van der Waals surface area contributed by atoms with Gasteiger partial charge in [-0.25, -0.2) is 4.79 Å². The van der Waals surface area contributed by atoms with E-state index in [2.05, 4.69) is 14.2 Å². The summed E-state index contributed by atoms with van der Waals surface area (Å²) in [6, 6.07) is 0. The summed E-state index contributed by atoms with van der Waals surface area (Å²) in [5, 5.41) is -0.0416. The molecule has 10 heteroatoms. The average Bonchev–Trinajstić information content (AvgIpc) is 2.75. The van der Waals surface area contributed by atoms with Crippen LogP contribution in [0.3, 0.4) is 0 Å². The first-order chi connectivity index (χ1) is 10.6. The molecule has 0 bridgehead atoms. The molecule has 0 aliphatic carbocycles. The highest BCUT2D eigenvalue weighted by atomic mass is 28.3. The topological polar surface area (TPSA) is 44.8 Å². The molecule has 1 fully saturated rings. The fraction of sp³-hybridized carbons (Fsp3) is 0.786. The standard InChI is InChI=1S/C14H21F5O4Si/c1-11(2,3)24(4,5)8-6-7-22-12(9-21-10(20)23-12)13(15,16)14(17,18)19/h6,8H,7,9H2,1-5H3/b8-6+. The Balaban J connectivity index is 2.93. The first-order valence-electron chi connectivity index (χ1n) is 7.18. The number of cyclic esters (lactones) is 2. The van der Waals surface area contributed by atoms with Crippen LogP contribution < -0.4 is 0 Å². The number of hydrogen-bond donors (Lipinski definition) is 0. The van der Waals surface area contributed by atoms with Gasteiger partial charge in [-0.3, -0.25) is 0 Å². The Morgan fingerprint density at radius 2 is 1.75 bits per heavy atom. The van der Waals surface area contributed by atoms with Crippen LogP contribution in [0.2, 0.25) is 18.1 Å². The van der Waals surface area contributed by atoms with Crippen LogP contribution in [0.25, 0.3) is 0 Å². The van der Waals surface area contributed by atoms with Gasteiger partial charge in [-0.1, -0.05) is 45.6 Å². The van der Waals surface area contributed by atoms with E-state index >= 15 is 0 Å². The lowest BCUT2D eigenvalue weighted by molar-refractivity contribution is -0.391. The summed E-state index contributed by atoms with van der Waals surface area (Å²) in [6.45, 7) is 8.15. The second kappa shape index (κ2) is 6.29. The number of halogens is 5. The number of carbonyl (C=O) groups is 1. The molecule has 1 rings (SSSR count). The highest BCUT2D eigenvalue weighted by molar-refractivity contribution is 6.84. The van der Waals surface area contributed by atoms with Gasteiger partial charge in [0.1, 0.15) is 0 Å². The zero-order valence-electron chi connectivity index (χ0n) is 14.1. The lowest BCUT2D eigenvalue weighted by Crippen LogP contribution is -2.60.